The summed E-state index contributed by atoms with van der Waals surface area (Å²) >= 11 is 0. The number of hydrogen-bond donors (Lipinski definition) is 3. The standard InChI is InChI=1S/C32H36N4O6/c1-39-25-12-8-23(9-13-25)32(22-6-4-3-5-7-22,24-10-14-26(40-2)15-11-24)41-21-28-27(37)20-30(42-28)36(19-17-33)18-16-29(34)35-31(36)38/h3-16,18,27-28,30,37H,17,19-21,33H2,1-2H3,(H-,34,35,38)/p+1/t27-,28+,30+,36?/m0/s1. The molecular weight excluding hydrogens is 536 g/mol. The second kappa shape index (κ2) is 12.4. The topological polar surface area (TPSA) is 139 Å². The van der Waals surface area contributed by atoms with Crippen LogP contribution in [0.15, 0.2) is 96.1 Å². The lowest BCUT2D eigenvalue weighted by Gasteiger charge is -2.38. The summed E-state index contributed by atoms with van der Waals surface area (Å²) < 4.78 is 23.9. The maximum atomic E-state index is 13.1. The van der Waals surface area contributed by atoms with Crippen molar-refractivity contribution in [1.29, 1.82) is 0 Å². The highest BCUT2D eigenvalue weighted by molar-refractivity contribution is 5.99. The van der Waals surface area contributed by atoms with Gasteiger partial charge in [0.15, 0.2) is 0 Å². The Morgan fingerprint density at radius 1 is 0.952 bits per heavy atom. The lowest BCUT2D eigenvalue weighted by atomic mass is 9.80. The van der Waals surface area contributed by atoms with Crippen LogP contribution in [0.1, 0.15) is 23.1 Å². The van der Waals surface area contributed by atoms with Gasteiger partial charge in [-0.3, -0.25) is 0 Å². The number of benzene rings is 3. The van der Waals surface area contributed by atoms with Crippen LogP contribution in [-0.4, -0.2) is 73.8 Å². The first-order valence-corrected chi connectivity index (χ1v) is 13.8. The molecule has 220 valence electrons. The maximum absolute atomic E-state index is 13.1. The molecule has 0 bridgehead atoms. The van der Waals surface area contributed by atoms with Crippen LogP contribution in [-0.2, 0) is 15.1 Å². The molecule has 1 unspecified atom stereocenters. The fourth-order valence-corrected chi connectivity index (χ4v) is 5.70. The van der Waals surface area contributed by atoms with Crippen LogP contribution in [0.5, 0.6) is 11.5 Å². The van der Waals surface area contributed by atoms with Gasteiger partial charge in [-0.25, -0.2) is 4.79 Å². The molecule has 1 saturated heterocycles. The number of amides is 2. The van der Waals surface area contributed by atoms with Gasteiger partial charge < -0.3 is 35.5 Å². The number of quaternary nitrogens is 1. The third-order valence-corrected chi connectivity index (χ3v) is 7.95. The van der Waals surface area contributed by atoms with Crippen LogP contribution in [0.2, 0.25) is 0 Å². The van der Waals surface area contributed by atoms with Gasteiger partial charge in [-0.15, -0.1) is 4.99 Å². The number of carbonyl (C=O) groups excluding carboxylic acids is 1. The Morgan fingerprint density at radius 2 is 1.52 bits per heavy atom. The second-order valence-electron chi connectivity index (χ2n) is 10.3. The molecule has 3 aromatic rings. The number of carbonyl (C=O) groups is 1. The molecule has 42 heavy (non-hydrogen) atoms. The molecule has 0 aliphatic carbocycles. The average Bonchev–Trinajstić information content (AvgIpc) is 3.40. The maximum Gasteiger partial charge on any atom is 0.451 e. The minimum Gasteiger partial charge on any atom is -0.497 e. The van der Waals surface area contributed by atoms with E-state index < -0.39 is 30.1 Å². The number of hydrogen-bond acceptors (Lipinski definition) is 8. The summed E-state index contributed by atoms with van der Waals surface area (Å²) in [5.74, 6) is 1.55. The summed E-state index contributed by atoms with van der Waals surface area (Å²) in [6.45, 7) is 0.494. The monoisotopic (exact) mass is 573 g/mol. The van der Waals surface area contributed by atoms with Gasteiger partial charge in [0.1, 0.15) is 41.8 Å². The highest BCUT2D eigenvalue weighted by Crippen LogP contribution is 2.43. The number of aliphatic hydroxyl groups is 1. The molecule has 10 nitrogen and oxygen atoms in total. The normalized spacial score (nSPS) is 24.0. The molecule has 10 heteroatoms. The zero-order chi connectivity index (χ0) is 29.7. The van der Waals surface area contributed by atoms with E-state index in [0.29, 0.717) is 11.5 Å². The number of rotatable bonds is 11. The minimum absolute atomic E-state index is 0.0244. The van der Waals surface area contributed by atoms with Crippen LogP contribution < -0.4 is 20.9 Å². The Hall–Kier alpha value is -4.06. The number of aliphatic imine (C=N–C) groups is 1. The van der Waals surface area contributed by atoms with E-state index in [-0.39, 0.29) is 36.4 Å². The number of ether oxygens (including phenoxy) is 4. The van der Waals surface area contributed by atoms with Crippen molar-refractivity contribution in [2.45, 2.75) is 30.5 Å². The smallest absolute Gasteiger partial charge is 0.451 e. The SMILES string of the molecule is COc1ccc(C(OC[C@H]2O[C@@H]([N+]3(CCN)C=CC(N)=NC3=O)C[C@@H]2O)(c2ccccc2)c2ccc(OC)cc2)cc1. The molecule has 0 saturated carbocycles. The van der Waals surface area contributed by atoms with Crippen molar-refractivity contribution in [3.63, 3.8) is 0 Å². The third-order valence-electron chi connectivity index (χ3n) is 7.95. The van der Waals surface area contributed by atoms with Gasteiger partial charge in [-0.1, -0.05) is 54.6 Å². The first-order chi connectivity index (χ1) is 20.4. The summed E-state index contributed by atoms with van der Waals surface area (Å²) in [6.07, 6.45) is 1.10. The molecular formula is C32H37N4O6+. The number of nitrogens with two attached hydrogens (primary N) is 2. The summed E-state index contributed by atoms with van der Waals surface area (Å²) in [7, 11) is 3.24. The average molecular weight is 574 g/mol. The highest BCUT2D eigenvalue weighted by atomic mass is 16.6. The molecule has 1 fully saturated rings. The number of nitrogens with zero attached hydrogens (tertiary/aromatic N) is 2. The van der Waals surface area contributed by atoms with Crippen LogP contribution in [0.4, 0.5) is 4.79 Å². The lowest BCUT2D eigenvalue weighted by molar-refractivity contribution is -0.848. The van der Waals surface area contributed by atoms with Gasteiger partial charge in [0, 0.05) is 12.6 Å². The summed E-state index contributed by atoms with van der Waals surface area (Å²) in [5.41, 5.74) is 13.2. The zero-order valence-corrected chi connectivity index (χ0v) is 23.8. The van der Waals surface area contributed by atoms with Crippen LogP contribution in [0.25, 0.3) is 0 Å². The van der Waals surface area contributed by atoms with Gasteiger partial charge in [-0.2, -0.15) is 4.48 Å². The van der Waals surface area contributed by atoms with Crippen molar-refractivity contribution in [2.75, 3.05) is 33.9 Å². The fourth-order valence-electron chi connectivity index (χ4n) is 5.70. The molecule has 2 aliphatic rings. The van der Waals surface area contributed by atoms with E-state index in [1.165, 1.54) is 0 Å². The van der Waals surface area contributed by atoms with E-state index in [1.54, 1.807) is 26.5 Å². The highest BCUT2D eigenvalue weighted by Gasteiger charge is 2.52. The van der Waals surface area contributed by atoms with Crippen LogP contribution in [0, 0.1) is 0 Å². The lowest BCUT2D eigenvalue weighted by Crippen LogP contribution is -2.58. The van der Waals surface area contributed by atoms with Crippen molar-refractivity contribution >= 4 is 11.9 Å². The second-order valence-corrected chi connectivity index (χ2v) is 10.3. The molecule has 0 spiro atoms. The summed E-state index contributed by atoms with van der Waals surface area (Å²) in [5, 5.41) is 11.2. The van der Waals surface area contributed by atoms with E-state index in [2.05, 4.69) is 4.99 Å². The molecule has 2 aliphatic heterocycles. The Kier molecular flexibility index (Phi) is 8.72. The van der Waals surface area contributed by atoms with E-state index in [9.17, 15) is 9.90 Å². The number of amidine groups is 1. The molecule has 3 aromatic carbocycles. The van der Waals surface area contributed by atoms with Crippen LogP contribution in [0.3, 0.4) is 0 Å². The van der Waals surface area contributed by atoms with Gasteiger partial charge in [0.2, 0.25) is 6.23 Å². The van der Waals surface area contributed by atoms with Gasteiger partial charge in [0.05, 0.1) is 33.4 Å². The molecule has 2 amide bonds. The molecule has 5 rings (SSSR count). The Bertz CT molecular complexity index is 1380. The summed E-state index contributed by atoms with van der Waals surface area (Å²) in [6, 6.07) is 24.8. The van der Waals surface area contributed by atoms with E-state index in [4.69, 9.17) is 30.4 Å². The zero-order valence-electron chi connectivity index (χ0n) is 23.8. The van der Waals surface area contributed by atoms with Crippen molar-refractivity contribution in [1.82, 2.24) is 0 Å². The first kappa shape index (κ1) is 29.4. The molecule has 0 aromatic heterocycles. The van der Waals surface area contributed by atoms with Gasteiger partial charge >= 0.3 is 6.03 Å². The molecule has 5 N–H and O–H groups in total. The van der Waals surface area contributed by atoms with E-state index in [1.807, 2.05) is 78.9 Å². The molecule has 2 heterocycles. The Morgan fingerprint density at radius 3 is 2.05 bits per heavy atom. The fraction of sp³-hybridized carbons (Fsp3) is 0.312. The summed E-state index contributed by atoms with van der Waals surface area (Å²) in [4.78, 5) is 17.0. The predicted octanol–water partition coefficient (Wildman–Crippen LogP) is 3.27. The number of methoxy groups -OCH3 is 2. The van der Waals surface area contributed by atoms with Crippen molar-refractivity contribution < 1.29 is 33.3 Å². The first-order valence-electron chi connectivity index (χ1n) is 13.8. The number of urea groups is 1. The number of aliphatic hydroxyl groups excluding tert-OH is 1. The van der Waals surface area contributed by atoms with Gasteiger partial charge in [-0.05, 0) is 41.0 Å². The third kappa shape index (κ3) is 5.42. The molecule has 4 atom stereocenters. The van der Waals surface area contributed by atoms with Gasteiger partial charge in [0.25, 0.3) is 0 Å². The Balaban J connectivity index is 1.52. The van der Waals surface area contributed by atoms with Crippen LogP contribution >= 0.6 is 0 Å². The van der Waals surface area contributed by atoms with Crippen molar-refractivity contribution in [2.24, 2.45) is 16.5 Å². The largest absolute Gasteiger partial charge is 0.497 e. The minimum atomic E-state index is -1.08. The molecule has 0 radical (unpaired) electrons. The van der Waals surface area contributed by atoms with Crippen molar-refractivity contribution in [3.05, 3.63) is 108 Å². The quantitative estimate of drug-likeness (QED) is 0.235. The van der Waals surface area contributed by atoms with E-state index >= 15 is 0 Å². The van der Waals surface area contributed by atoms with E-state index in [0.717, 1.165) is 16.7 Å². The Labute approximate surface area is 245 Å². The predicted molar refractivity (Wildman–Crippen MR) is 158 cm³/mol. The van der Waals surface area contributed by atoms with Crippen molar-refractivity contribution in [3.8, 4) is 11.5 Å².